The second-order valence-electron chi connectivity index (χ2n) is 5.58. The second kappa shape index (κ2) is 7.21. The van der Waals surface area contributed by atoms with Crippen LogP contribution in [0.1, 0.15) is 0 Å². The van der Waals surface area contributed by atoms with Crippen molar-refractivity contribution in [3.8, 4) is 0 Å². The predicted molar refractivity (Wildman–Crippen MR) is 68.6 cm³/mol. The standard InChI is InChI=1S/C12H22O11/c13-1-4-6(16)7(17)8(18)11(21-4)22-9-5(2-14)23-12(20,3-15)10(9)19/h4-11,13-20H,1-3H2/t4-,5+,6-,7+,8+,9-,10-,11+,12-/m1/s1. The highest BCUT2D eigenvalue weighted by atomic mass is 16.7. The summed E-state index contributed by atoms with van der Waals surface area (Å²) in [4.78, 5) is 0. The molecule has 8 N–H and O–H groups in total. The predicted octanol–water partition coefficient (Wildman–Crippen LogP) is -5.40. The number of aliphatic hydroxyl groups excluding tert-OH is 7. The molecule has 2 aliphatic heterocycles. The Labute approximate surface area is 130 Å². The molecule has 0 aliphatic carbocycles. The van der Waals surface area contributed by atoms with Crippen molar-refractivity contribution in [2.75, 3.05) is 19.8 Å². The molecule has 2 aliphatic rings. The number of rotatable bonds is 5. The van der Waals surface area contributed by atoms with Crippen LogP contribution < -0.4 is 0 Å². The minimum absolute atomic E-state index is 0.668. The number of ether oxygens (including phenoxy) is 3. The Kier molecular flexibility index (Phi) is 5.92. The molecule has 0 unspecified atom stereocenters. The molecule has 0 amide bonds. The lowest BCUT2D eigenvalue weighted by atomic mass is 9.99. The van der Waals surface area contributed by atoms with Crippen LogP contribution in [0.15, 0.2) is 0 Å². The number of hydrogen-bond donors (Lipinski definition) is 8. The second-order valence-corrected chi connectivity index (χ2v) is 5.58. The lowest BCUT2D eigenvalue weighted by Gasteiger charge is -2.41. The molecule has 0 spiro atoms. The van der Waals surface area contributed by atoms with Crippen LogP contribution in [0.5, 0.6) is 0 Å². The molecule has 2 heterocycles. The maximum absolute atomic E-state index is 10.00. The van der Waals surface area contributed by atoms with E-state index in [0.717, 1.165) is 0 Å². The van der Waals surface area contributed by atoms with Crippen LogP contribution in [-0.4, -0.2) is 115 Å². The molecule has 11 heteroatoms. The fraction of sp³-hybridized carbons (Fsp3) is 1.00. The normalized spacial score (nSPS) is 51.1. The van der Waals surface area contributed by atoms with Crippen molar-refractivity contribution < 1.29 is 55.1 Å². The molecular weight excluding hydrogens is 320 g/mol. The Morgan fingerprint density at radius 1 is 0.870 bits per heavy atom. The van der Waals surface area contributed by atoms with E-state index in [-0.39, 0.29) is 0 Å². The van der Waals surface area contributed by atoms with Gasteiger partial charge < -0.3 is 55.1 Å². The van der Waals surface area contributed by atoms with E-state index in [1.54, 1.807) is 0 Å². The fourth-order valence-corrected chi connectivity index (χ4v) is 2.63. The van der Waals surface area contributed by atoms with Gasteiger partial charge in [0.15, 0.2) is 6.29 Å². The van der Waals surface area contributed by atoms with Gasteiger partial charge in [-0.25, -0.2) is 0 Å². The van der Waals surface area contributed by atoms with Crippen LogP contribution in [-0.2, 0) is 14.2 Å². The van der Waals surface area contributed by atoms with Crippen LogP contribution in [0.4, 0.5) is 0 Å². The first kappa shape index (κ1) is 18.9. The first-order valence-corrected chi connectivity index (χ1v) is 7.05. The van der Waals surface area contributed by atoms with E-state index in [9.17, 15) is 30.6 Å². The van der Waals surface area contributed by atoms with Crippen molar-refractivity contribution >= 4 is 0 Å². The van der Waals surface area contributed by atoms with Crippen LogP contribution in [0, 0.1) is 0 Å². The summed E-state index contributed by atoms with van der Waals surface area (Å²) in [5.41, 5.74) is 0. The van der Waals surface area contributed by atoms with E-state index in [0.29, 0.717) is 0 Å². The summed E-state index contributed by atoms with van der Waals surface area (Å²) < 4.78 is 15.3. The van der Waals surface area contributed by atoms with Gasteiger partial charge in [-0.1, -0.05) is 0 Å². The zero-order chi connectivity index (χ0) is 17.4. The highest BCUT2D eigenvalue weighted by molar-refractivity contribution is 4.98. The first-order valence-electron chi connectivity index (χ1n) is 7.05. The van der Waals surface area contributed by atoms with Gasteiger partial charge in [0.25, 0.3) is 0 Å². The van der Waals surface area contributed by atoms with Gasteiger partial charge in [-0.15, -0.1) is 0 Å². The Balaban J connectivity index is 2.13. The summed E-state index contributed by atoms with van der Waals surface area (Å²) in [6.07, 6.45) is -12.2. The highest BCUT2D eigenvalue weighted by Crippen LogP contribution is 2.33. The topological polar surface area (TPSA) is 190 Å². The van der Waals surface area contributed by atoms with E-state index in [1.165, 1.54) is 0 Å². The summed E-state index contributed by atoms with van der Waals surface area (Å²) >= 11 is 0. The van der Waals surface area contributed by atoms with Crippen molar-refractivity contribution in [3.05, 3.63) is 0 Å². The minimum atomic E-state index is -2.37. The van der Waals surface area contributed by atoms with Crippen LogP contribution in [0.25, 0.3) is 0 Å². The van der Waals surface area contributed by atoms with E-state index >= 15 is 0 Å². The van der Waals surface area contributed by atoms with Crippen molar-refractivity contribution in [2.45, 2.75) is 54.8 Å². The van der Waals surface area contributed by atoms with Crippen molar-refractivity contribution in [2.24, 2.45) is 0 Å². The third kappa shape index (κ3) is 3.36. The Morgan fingerprint density at radius 3 is 2.00 bits per heavy atom. The monoisotopic (exact) mass is 342 g/mol. The van der Waals surface area contributed by atoms with Crippen molar-refractivity contribution in [1.29, 1.82) is 0 Å². The molecule has 23 heavy (non-hydrogen) atoms. The third-order valence-corrected chi connectivity index (χ3v) is 4.04. The van der Waals surface area contributed by atoms with Crippen LogP contribution in [0.2, 0.25) is 0 Å². The average molecular weight is 342 g/mol. The molecule has 2 rings (SSSR count). The molecular formula is C12H22O11. The Bertz CT molecular complexity index is 393. The van der Waals surface area contributed by atoms with E-state index < -0.39 is 74.6 Å². The van der Waals surface area contributed by atoms with Gasteiger partial charge in [0.2, 0.25) is 5.79 Å². The molecule has 0 aromatic heterocycles. The maximum Gasteiger partial charge on any atom is 0.219 e. The fourth-order valence-electron chi connectivity index (χ4n) is 2.63. The van der Waals surface area contributed by atoms with E-state index in [4.69, 9.17) is 24.4 Å². The summed E-state index contributed by atoms with van der Waals surface area (Å²) in [6.45, 7) is -2.32. The highest BCUT2D eigenvalue weighted by Gasteiger charge is 2.56. The lowest BCUT2D eigenvalue weighted by molar-refractivity contribution is -0.318. The molecule has 9 atom stereocenters. The molecule has 0 bridgehead atoms. The van der Waals surface area contributed by atoms with Gasteiger partial charge in [0.1, 0.15) is 42.7 Å². The van der Waals surface area contributed by atoms with Gasteiger partial charge in [-0.05, 0) is 0 Å². The van der Waals surface area contributed by atoms with Crippen molar-refractivity contribution in [3.63, 3.8) is 0 Å². The van der Waals surface area contributed by atoms with Gasteiger partial charge in [-0.3, -0.25) is 0 Å². The summed E-state index contributed by atoms with van der Waals surface area (Å²) in [7, 11) is 0. The average Bonchev–Trinajstić information content (AvgIpc) is 2.80. The van der Waals surface area contributed by atoms with Gasteiger partial charge in [0, 0.05) is 0 Å². The van der Waals surface area contributed by atoms with Gasteiger partial charge in [0.05, 0.1) is 19.8 Å². The molecule has 2 fully saturated rings. The first-order chi connectivity index (χ1) is 10.8. The largest absolute Gasteiger partial charge is 0.394 e. The molecule has 11 nitrogen and oxygen atoms in total. The van der Waals surface area contributed by atoms with Crippen LogP contribution in [0.3, 0.4) is 0 Å². The Morgan fingerprint density at radius 2 is 1.48 bits per heavy atom. The number of hydrogen-bond acceptors (Lipinski definition) is 11. The zero-order valence-corrected chi connectivity index (χ0v) is 12.0. The smallest absolute Gasteiger partial charge is 0.219 e. The molecule has 136 valence electrons. The Hall–Kier alpha value is -0.440. The lowest BCUT2D eigenvalue weighted by Crippen LogP contribution is -2.60. The third-order valence-electron chi connectivity index (χ3n) is 4.04. The summed E-state index contributed by atoms with van der Waals surface area (Å²) in [6, 6.07) is 0. The molecule has 0 aromatic rings. The molecule has 0 saturated carbocycles. The van der Waals surface area contributed by atoms with Gasteiger partial charge >= 0.3 is 0 Å². The SMILES string of the molecule is OC[C@@H]1O[C@](O)(CO)[C@H](O)[C@@H]1O[C@@H]1O[C@H](CO)[C@@H](O)[C@H](O)[C@@H]1O. The molecule has 0 radical (unpaired) electrons. The summed E-state index contributed by atoms with van der Waals surface area (Å²) in [5, 5.41) is 76.5. The molecule has 0 aromatic carbocycles. The quantitative estimate of drug-likeness (QED) is 0.238. The van der Waals surface area contributed by atoms with E-state index in [1.807, 2.05) is 0 Å². The van der Waals surface area contributed by atoms with Crippen molar-refractivity contribution in [1.82, 2.24) is 0 Å². The maximum atomic E-state index is 10.00. The molecule has 2 saturated heterocycles. The van der Waals surface area contributed by atoms with Crippen LogP contribution >= 0.6 is 0 Å². The number of aliphatic hydroxyl groups is 8. The zero-order valence-electron chi connectivity index (χ0n) is 12.0. The van der Waals surface area contributed by atoms with Gasteiger partial charge in [-0.2, -0.15) is 0 Å². The minimum Gasteiger partial charge on any atom is -0.394 e. The summed E-state index contributed by atoms with van der Waals surface area (Å²) in [5.74, 6) is -2.37. The van der Waals surface area contributed by atoms with E-state index in [2.05, 4.69) is 0 Å².